The van der Waals surface area contributed by atoms with E-state index >= 15 is 0 Å². The van der Waals surface area contributed by atoms with Crippen molar-refractivity contribution in [1.29, 1.82) is 0 Å². The van der Waals surface area contributed by atoms with Crippen LogP contribution in [0.5, 0.6) is 0 Å². The molecule has 1 aliphatic carbocycles. The molecule has 0 atom stereocenters. The van der Waals surface area contributed by atoms with Gasteiger partial charge in [-0.25, -0.2) is 0 Å². The van der Waals surface area contributed by atoms with E-state index in [4.69, 9.17) is 6.42 Å². The lowest BCUT2D eigenvalue weighted by Crippen LogP contribution is -2.41. The van der Waals surface area contributed by atoms with Crippen LogP contribution in [0.15, 0.2) is 0 Å². The van der Waals surface area contributed by atoms with Crippen molar-refractivity contribution in [3.63, 3.8) is 0 Å². The minimum Gasteiger partial charge on any atom is -0.352 e. The van der Waals surface area contributed by atoms with E-state index < -0.39 is 0 Å². The van der Waals surface area contributed by atoms with Crippen LogP contribution in [0.3, 0.4) is 0 Å². The molecule has 3 heteroatoms. The van der Waals surface area contributed by atoms with Gasteiger partial charge in [0.1, 0.15) is 0 Å². The third kappa shape index (κ3) is 5.77. The predicted molar refractivity (Wildman–Crippen MR) is 66.0 cm³/mol. The average molecular weight is 222 g/mol. The van der Waals surface area contributed by atoms with Crippen molar-refractivity contribution in [1.82, 2.24) is 10.6 Å². The maximum absolute atomic E-state index is 11.5. The van der Waals surface area contributed by atoms with Gasteiger partial charge >= 0.3 is 0 Å². The molecule has 1 fully saturated rings. The molecule has 90 valence electrons. The molecule has 0 heterocycles. The molecule has 1 rings (SSSR count). The number of hydrogen-bond acceptors (Lipinski definition) is 2. The van der Waals surface area contributed by atoms with Gasteiger partial charge in [-0.05, 0) is 25.8 Å². The molecule has 0 unspecified atom stereocenters. The predicted octanol–water partition coefficient (Wildman–Crippen LogP) is 1.44. The van der Waals surface area contributed by atoms with Crippen molar-refractivity contribution < 1.29 is 4.79 Å². The number of rotatable bonds is 6. The SMILES string of the molecule is C#CCCCNCC(=O)NC1CCCCC1. The summed E-state index contributed by atoms with van der Waals surface area (Å²) in [6, 6.07) is 0.411. The second-order valence-corrected chi connectivity index (χ2v) is 4.39. The van der Waals surface area contributed by atoms with Crippen LogP contribution < -0.4 is 10.6 Å². The van der Waals surface area contributed by atoms with Crippen molar-refractivity contribution in [3.05, 3.63) is 0 Å². The summed E-state index contributed by atoms with van der Waals surface area (Å²) >= 11 is 0. The maximum Gasteiger partial charge on any atom is 0.234 e. The zero-order valence-electron chi connectivity index (χ0n) is 9.93. The van der Waals surface area contributed by atoms with Crippen LogP contribution in [0.1, 0.15) is 44.9 Å². The minimum absolute atomic E-state index is 0.118. The van der Waals surface area contributed by atoms with E-state index in [1.54, 1.807) is 0 Å². The van der Waals surface area contributed by atoms with Crippen LogP contribution in [0.25, 0.3) is 0 Å². The largest absolute Gasteiger partial charge is 0.352 e. The van der Waals surface area contributed by atoms with Crippen LogP contribution in [0.4, 0.5) is 0 Å². The highest BCUT2D eigenvalue weighted by Gasteiger charge is 2.14. The van der Waals surface area contributed by atoms with E-state index in [0.717, 1.165) is 32.2 Å². The first-order valence-corrected chi connectivity index (χ1v) is 6.26. The monoisotopic (exact) mass is 222 g/mol. The molecule has 0 spiro atoms. The zero-order chi connectivity index (χ0) is 11.6. The van der Waals surface area contributed by atoms with Gasteiger partial charge < -0.3 is 10.6 Å². The maximum atomic E-state index is 11.5. The van der Waals surface area contributed by atoms with Crippen molar-refractivity contribution in [3.8, 4) is 12.3 Å². The van der Waals surface area contributed by atoms with Gasteiger partial charge in [-0.15, -0.1) is 12.3 Å². The van der Waals surface area contributed by atoms with Crippen LogP contribution in [0.2, 0.25) is 0 Å². The van der Waals surface area contributed by atoms with Gasteiger partial charge in [0.15, 0.2) is 0 Å². The highest BCUT2D eigenvalue weighted by Crippen LogP contribution is 2.16. The van der Waals surface area contributed by atoms with E-state index in [-0.39, 0.29) is 5.91 Å². The molecule has 0 bridgehead atoms. The standard InChI is InChI=1S/C13H22N2O/c1-2-3-7-10-14-11-13(16)15-12-8-5-4-6-9-12/h1,12,14H,3-11H2,(H,15,16). The summed E-state index contributed by atoms with van der Waals surface area (Å²) in [7, 11) is 0. The Bertz CT molecular complexity index is 239. The second kappa shape index (κ2) is 8.18. The quantitative estimate of drug-likeness (QED) is 0.527. The molecule has 0 aliphatic heterocycles. The van der Waals surface area contributed by atoms with Crippen molar-refractivity contribution in [2.45, 2.75) is 51.0 Å². The summed E-state index contributed by atoms with van der Waals surface area (Å²) in [6.07, 6.45) is 13.0. The van der Waals surface area contributed by atoms with Gasteiger partial charge in [0.25, 0.3) is 0 Å². The van der Waals surface area contributed by atoms with Crippen LogP contribution in [-0.4, -0.2) is 25.0 Å². The summed E-state index contributed by atoms with van der Waals surface area (Å²) in [6.45, 7) is 1.24. The summed E-state index contributed by atoms with van der Waals surface area (Å²) in [5.74, 6) is 2.70. The Hall–Kier alpha value is -1.01. The highest BCUT2D eigenvalue weighted by molar-refractivity contribution is 5.78. The van der Waals surface area contributed by atoms with Crippen LogP contribution in [-0.2, 0) is 4.79 Å². The molecule has 1 saturated carbocycles. The number of carbonyl (C=O) groups is 1. The van der Waals surface area contributed by atoms with Crippen molar-refractivity contribution in [2.75, 3.05) is 13.1 Å². The Morgan fingerprint density at radius 2 is 2.06 bits per heavy atom. The molecular formula is C13H22N2O. The first kappa shape index (κ1) is 13.1. The third-order valence-corrected chi connectivity index (χ3v) is 2.93. The second-order valence-electron chi connectivity index (χ2n) is 4.39. The number of terminal acetylenes is 1. The molecule has 16 heavy (non-hydrogen) atoms. The van der Waals surface area contributed by atoms with E-state index in [2.05, 4.69) is 16.6 Å². The minimum atomic E-state index is 0.118. The zero-order valence-corrected chi connectivity index (χ0v) is 9.93. The van der Waals surface area contributed by atoms with Crippen LogP contribution in [0, 0.1) is 12.3 Å². The molecule has 0 radical (unpaired) electrons. The van der Waals surface area contributed by atoms with Gasteiger partial charge in [-0.1, -0.05) is 19.3 Å². The Balaban J connectivity index is 1.99. The van der Waals surface area contributed by atoms with E-state index in [1.807, 2.05) is 0 Å². The third-order valence-electron chi connectivity index (χ3n) is 2.93. The fourth-order valence-corrected chi connectivity index (χ4v) is 2.04. The number of hydrogen-bond donors (Lipinski definition) is 2. The Labute approximate surface area is 98.4 Å². The topological polar surface area (TPSA) is 41.1 Å². The summed E-state index contributed by atoms with van der Waals surface area (Å²) in [5.41, 5.74) is 0. The first-order chi connectivity index (χ1) is 7.83. The lowest BCUT2D eigenvalue weighted by molar-refractivity contribution is -0.121. The number of unbranched alkanes of at least 4 members (excludes halogenated alkanes) is 1. The molecule has 0 aromatic heterocycles. The van der Waals surface area contributed by atoms with Gasteiger partial charge in [0, 0.05) is 12.5 Å². The van der Waals surface area contributed by atoms with Gasteiger partial charge in [0.05, 0.1) is 6.54 Å². The lowest BCUT2D eigenvalue weighted by Gasteiger charge is -2.22. The first-order valence-electron chi connectivity index (χ1n) is 6.26. The Morgan fingerprint density at radius 1 is 1.31 bits per heavy atom. The fourth-order valence-electron chi connectivity index (χ4n) is 2.04. The van der Waals surface area contributed by atoms with Crippen LogP contribution >= 0.6 is 0 Å². The van der Waals surface area contributed by atoms with Gasteiger partial charge in [-0.3, -0.25) is 4.79 Å². The number of amides is 1. The van der Waals surface area contributed by atoms with Gasteiger partial charge in [-0.2, -0.15) is 0 Å². The molecule has 1 aliphatic rings. The highest BCUT2D eigenvalue weighted by atomic mass is 16.1. The van der Waals surface area contributed by atoms with Crippen molar-refractivity contribution >= 4 is 5.91 Å². The molecule has 1 amide bonds. The molecule has 0 aromatic rings. The molecule has 2 N–H and O–H groups in total. The van der Waals surface area contributed by atoms with E-state index in [9.17, 15) is 4.79 Å². The Morgan fingerprint density at radius 3 is 2.75 bits per heavy atom. The van der Waals surface area contributed by atoms with E-state index in [1.165, 1.54) is 19.3 Å². The normalized spacial score (nSPS) is 16.7. The summed E-state index contributed by atoms with van der Waals surface area (Å²) in [4.78, 5) is 11.5. The summed E-state index contributed by atoms with van der Waals surface area (Å²) < 4.78 is 0. The number of nitrogens with one attached hydrogen (secondary N) is 2. The lowest BCUT2D eigenvalue weighted by atomic mass is 9.95. The molecule has 0 aromatic carbocycles. The smallest absolute Gasteiger partial charge is 0.234 e. The Kier molecular flexibility index (Phi) is 6.67. The molecule has 0 saturated heterocycles. The molecular weight excluding hydrogens is 200 g/mol. The average Bonchev–Trinajstić information content (AvgIpc) is 2.30. The van der Waals surface area contributed by atoms with Gasteiger partial charge in [0.2, 0.25) is 5.91 Å². The van der Waals surface area contributed by atoms with Crippen molar-refractivity contribution in [2.24, 2.45) is 0 Å². The fraction of sp³-hybridized carbons (Fsp3) is 0.769. The summed E-state index contributed by atoms with van der Waals surface area (Å²) in [5, 5.41) is 6.17. The number of carbonyl (C=O) groups excluding carboxylic acids is 1. The molecule has 3 nitrogen and oxygen atoms in total. The van der Waals surface area contributed by atoms with E-state index in [0.29, 0.717) is 12.6 Å².